The third-order valence-corrected chi connectivity index (χ3v) is 3.22. The van der Waals surface area contributed by atoms with Crippen LogP contribution < -0.4 is 0 Å². The number of carbonyl (C=O) groups is 1. The Hall–Kier alpha value is -2.17. The fraction of sp³-hybridized carbons (Fsp3) is 0.500. The molecule has 0 saturated heterocycles. The summed E-state index contributed by atoms with van der Waals surface area (Å²) >= 11 is 0. The average Bonchev–Trinajstić information content (AvgIpc) is 2.44. The number of allylic oxidation sites excluding steroid dienone is 1. The second kappa shape index (κ2) is 9.08. The van der Waals surface area contributed by atoms with E-state index in [1.165, 1.54) is 6.08 Å². The minimum atomic E-state index is -0.495. The van der Waals surface area contributed by atoms with Gasteiger partial charge in [-0.25, -0.2) is 4.79 Å². The molecule has 1 rings (SSSR count). The molecule has 1 aromatic rings. The van der Waals surface area contributed by atoms with Gasteiger partial charge in [0.05, 0.1) is 0 Å². The van der Waals surface area contributed by atoms with Crippen LogP contribution >= 0.6 is 0 Å². The van der Waals surface area contributed by atoms with Gasteiger partial charge < -0.3 is 4.74 Å². The van der Waals surface area contributed by atoms with E-state index in [9.17, 15) is 14.9 Å². The summed E-state index contributed by atoms with van der Waals surface area (Å²) in [7, 11) is 0. The largest absolute Gasteiger partial charge is 0.457 e. The van der Waals surface area contributed by atoms with Crippen LogP contribution in [0.3, 0.4) is 0 Å². The summed E-state index contributed by atoms with van der Waals surface area (Å²) in [6.45, 7) is 5.39. The summed E-state index contributed by atoms with van der Waals surface area (Å²) in [6.07, 6.45) is 5.38. The highest BCUT2D eigenvalue weighted by Crippen LogP contribution is 2.22. The number of carbonyl (C=O) groups excluding carboxylic acids is 1. The maximum atomic E-state index is 11.5. The average molecular weight is 319 g/mol. The second-order valence-corrected chi connectivity index (χ2v) is 6.49. The molecule has 0 bridgehead atoms. The minimum absolute atomic E-state index is 0.0696. The number of nitro groups is 1. The Morgan fingerprint density at radius 3 is 2.52 bits per heavy atom. The molecule has 126 valence electrons. The van der Waals surface area contributed by atoms with Crippen LogP contribution in [-0.4, -0.2) is 23.0 Å². The first-order valence-corrected chi connectivity index (χ1v) is 7.84. The van der Waals surface area contributed by atoms with Crippen molar-refractivity contribution in [2.45, 2.75) is 51.6 Å². The molecule has 0 N–H and O–H groups in total. The topological polar surface area (TPSA) is 69.4 Å². The summed E-state index contributed by atoms with van der Waals surface area (Å²) in [5.41, 5.74) is 0.492. The Morgan fingerprint density at radius 2 is 1.96 bits per heavy atom. The Kier molecular flexibility index (Phi) is 7.45. The van der Waals surface area contributed by atoms with E-state index in [1.807, 2.05) is 51.1 Å². The molecule has 0 heterocycles. The van der Waals surface area contributed by atoms with E-state index in [4.69, 9.17) is 4.74 Å². The lowest BCUT2D eigenvalue weighted by Crippen LogP contribution is -2.22. The lowest BCUT2D eigenvalue weighted by Gasteiger charge is -2.17. The van der Waals surface area contributed by atoms with Gasteiger partial charge in [-0.15, -0.1) is 0 Å². The van der Waals surface area contributed by atoms with E-state index in [1.54, 1.807) is 6.08 Å². The monoisotopic (exact) mass is 319 g/mol. The Bertz CT molecular complexity index is 532. The van der Waals surface area contributed by atoms with Crippen molar-refractivity contribution in [1.29, 1.82) is 0 Å². The molecule has 1 atom stereocenters. The highest BCUT2D eigenvalue weighted by Gasteiger charge is 2.17. The zero-order valence-electron chi connectivity index (χ0n) is 14.0. The first-order chi connectivity index (χ1) is 10.8. The molecule has 0 aliphatic heterocycles. The highest BCUT2D eigenvalue weighted by molar-refractivity contribution is 5.82. The lowest BCUT2D eigenvalue weighted by molar-refractivity contribution is -0.483. The van der Waals surface area contributed by atoms with E-state index >= 15 is 0 Å². The second-order valence-electron chi connectivity index (χ2n) is 6.49. The van der Waals surface area contributed by atoms with Gasteiger partial charge in [0.15, 0.2) is 0 Å². The molecule has 0 aromatic heterocycles. The van der Waals surface area contributed by atoms with Crippen LogP contribution in [-0.2, 0) is 9.53 Å². The molecule has 0 aliphatic carbocycles. The fourth-order valence-electron chi connectivity index (χ4n) is 2.27. The number of hydrogen-bond donors (Lipinski definition) is 0. The SMILES string of the molecule is CC(C)(C)OC(=O)/C=C/CCCC(C[N+](=O)[O-])c1ccccc1. The summed E-state index contributed by atoms with van der Waals surface area (Å²) in [6, 6.07) is 9.53. The molecule has 0 spiro atoms. The van der Waals surface area contributed by atoms with Crippen LogP contribution in [0.15, 0.2) is 42.5 Å². The van der Waals surface area contributed by atoms with Crippen LogP contribution in [0.25, 0.3) is 0 Å². The predicted octanol–water partition coefficient (Wildman–Crippen LogP) is 4.12. The first-order valence-electron chi connectivity index (χ1n) is 7.84. The van der Waals surface area contributed by atoms with E-state index in [2.05, 4.69) is 0 Å². The molecular formula is C18H25NO4. The van der Waals surface area contributed by atoms with Gasteiger partial charge in [0.2, 0.25) is 6.54 Å². The molecule has 0 saturated carbocycles. The van der Waals surface area contributed by atoms with E-state index in [-0.39, 0.29) is 23.4 Å². The van der Waals surface area contributed by atoms with Crippen molar-refractivity contribution in [3.05, 3.63) is 58.2 Å². The third-order valence-electron chi connectivity index (χ3n) is 3.22. The molecule has 1 aromatic carbocycles. The normalized spacial score (nSPS) is 13.0. The van der Waals surface area contributed by atoms with E-state index < -0.39 is 5.60 Å². The van der Waals surface area contributed by atoms with Gasteiger partial charge in [-0.3, -0.25) is 10.1 Å². The van der Waals surface area contributed by atoms with E-state index in [0.717, 1.165) is 12.0 Å². The molecule has 1 unspecified atom stereocenters. The van der Waals surface area contributed by atoms with Gasteiger partial charge in [0.1, 0.15) is 5.60 Å². The summed E-state index contributed by atoms with van der Waals surface area (Å²) < 4.78 is 5.17. The fourth-order valence-corrected chi connectivity index (χ4v) is 2.27. The molecule has 23 heavy (non-hydrogen) atoms. The minimum Gasteiger partial charge on any atom is -0.457 e. The number of esters is 1. The quantitative estimate of drug-likeness (QED) is 0.238. The van der Waals surface area contributed by atoms with Gasteiger partial charge >= 0.3 is 5.97 Å². The van der Waals surface area contributed by atoms with Crippen molar-refractivity contribution >= 4 is 5.97 Å². The number of benzene rings is 1. The summed E-state index contributed by atoms with van der Waals surface area (Å²) in [5, 5.41) is 10.8. The van der Waals surface area contributed by atoms with Crippen molar-refractivity contribution in [2.24, 2.45) is 0 Å². The number of nitrogens with zero attached hydrogens (tertiary/aromatic N) is 1. The number of unbranched alkanes of at least 4 members (excludes halogenated alkanes) is 1. The van der Waals surface area contributed by atoms with Crippen molar-refractivity contribution in [3.8, 4) is 0 Å². The maximum absolute atomic E-state index is 11.5. The molecule has 0 fully saturated rings. The zero-order valence-corrected chi connectivity index (χ0v) is 14.0. The van der Waals surface area contributed by atoms with Crippen LogP contribution in [0.1, 0.15) is 51.5 Å². The summed E-state index contributed by atoms with van der Waals surface area (Å²) in [4.78, 5) is 22.1. The van der Waals surface area contributed by atoms with Gasteiger partial charge in [0, 0.05) is 16.9 Å². The standard InChI is InChI=1S/C18H25NO4/c1-18(2,3)23-17(20)13-9-5-8-12-16(14-19(21)22)15-10-6-4-7-11-15/h4,6-7,9-11,13,16H,5,8,12,14H2,1-3H3/b13-9+. The van der Waals surface area contributed by atoms with Gasteiger partial charge in [-0.1, -0.05) is 36.4 Å². The highest BCUT2D eigenvalue weighted by atomic mass is 16.6. The smallest absolute Gasteiger partial charge is 0.330 e. The van der Waals surface area contributed by atoms with Gasteiger partial charge in [-0.05, 0) is 45.6 Å². The number of hydrogen-bond acceptors (Lipinski definition) is 4. The molecule has 0 radical (unpaired) electrons. The third kappa shape index (κ3) is 8.76. The first kappa shape index (κ1) is 18.9. The molecule has 0 aliphatic rings. The van der Waals surface area contributed by atoms with Crippen LogP contribution in [0.4, 0.5) is 0 Å². The number of ether oxygens (including phenoxy) is 1. The Labute approximate surface area is 137 Å². The molecular weight excluding hydrogens is 294 g/mol. The summed E-state index contributed by atoms with van der Waals surface area (Å²) in [5.74, 6) is -0.455. The predicted molar refractivity (Wildman–Crippen MR) is 89.9 cm³/mol. The maximum Gasteiger partial charge on any atom is 0.330 e. The van der Waals surface area contributed by atoms with Crippen molar-refractivity contribution in [3.63, 3.8) is 0 Å². The lowest BCUT2D eigenvalue weighted by atomic mass is 9.93. The van der Waals surface area contributed by atoms with Gasteiger partial charge in [0.25, 0.3) is 0 Å². The van der Waals surface area contributed by atoms with Gasteiger partial charge in [-0.2, -0.15) is 0 Å². The zero-order chi connectivity index (χ0) is 17.3. The van der Waals surface area contributed by atoms with Crippen LogP contribution in [0.5, 0.6) is 0 Å². The Morgan fingerprint density at radius 1 is 1.30 bits per heavy atom. The Balaban J connectivity index is 2.44. The van der Waals surface area contributed by atoms with Crippen LogP contribution in [0, 0.1) is 10.1 Å². The van der Waals surface area contributed by atoms with E-state index in [0.29, 0.717) is 12.8 Å². The van der Waals surface area contributed by atoms with Crippen molar-refractivity contribution < 1.29 is 14.5 Å². The van der Waals surface area contributed by atoms with Crippen molar-refractivity contribution in [2.75, 3.05) is 6.54 Å². The number of rotatable bonds is 8. The van der Waals surface area contributed by atoms with Crippen molar-refractivity contribution in [1.82, 2.24) is 0 Å². The van der Waals surface area contributed by atoms with Crippen LogP contribution in [0.2, 0.25) is 0 Å². The molecule has 0 amide bonds. The molecule has 5 heteroatoms. The molecule has 5 nitrogen and oxygen atoms in total.